The maximum atomic E-state index is 14.2. The molecule has 4 saturated carbocycles. The van der Waals surface area contributed by atoms with Crippen LogP contribution in [-0.4, -0.2) is 36.7 Å². The summed E-state index contributed by atoms with van der Waals surface area (Å²) < 4.78 is 10.6. The van der Waals surface area contributed by atoms with Gasteiger partial charge in [0.1, 0.15) is 17.7 Å². The molecule has 4 fully saturated rings. The van der Waals surface area contributed by atoms with Crippen molar-refractivity contribution in [3.8, 4) is 0 Å². The van der Waals surface area contributed by atoms with E-state index in [0.717, 1.165) is 32.1 Å². The van der Waals surface area contributed by atoms with Crippen molar-refractivity contribution in [3.63, 3.8) is 0 Å². The number of hydrogen-bond donors (Lipinski definition) is 0. The van der Waals surface area contributed by atoms with Crippen LogP contribution < -0.4 is 0 Å². The summed E-state index contributed by atoms with van der Waals surface area (Å²) in [6.07, 6.45) is 5.30. The normalized spacial score (nSPS) is 44.2. The Morgan fingerprint density at radius 3 is 2.25 bits per heavy atom. The van der Waals surface area contributed by atoms with Gasteiger partial charge in [0.15, 0.2) is 0 Å². The van der Waals surface area contributed by atoms with E-state index in [1.165, 1.54) is 14.0 Å². The first-order chi connectivity index (χ1) is 16.6. The van der Waals surface area contributed by atoms with E-state index in [1.807, 2.05) is 0 Å². The summed E-state index contributed by atoms with van der Waals surface area (Å²) in [4.78, 5) is 51.8. The average Bonchev–Trinajstić information content (AvgIpc) is 3.06. The van der Waals surface area contributed by atoms with E-state index in [4.69, 9.17) is 9.47 Å². The number of fused-ring (bicyclic) bond motifs is 5. The summed E-state index contributed by atoms with van der Waals surface area (Å²) >= 11 is 0. The Morgan fingerprint density at radius 2 is 1.64 bits per heavy atom. The minimum absolute atomic E-state index is 0.00457. The van der Waals surface area contributed by atoms with Crippen LogP contribution in [0.15, 0.2) is 0 Å². The molecule has 0 bridgehead atoms. The third-order valence-corrected chi connectivity index (χ3v) is 12.0. The van der Waals surface area contributed by atoms with E-state index in [-0.39, 0.29) is 74.9 Å². The Labute approximate surface area is 216 Å². The van der Waals surface area contributed by atoms with Gasteiger partial charge in [-0.2, -0.15) is 0 Å². The van der Waals surface area contributed by atoms with E-state index in [1.54, 1.807) is 0 Å². The molecule has 9 unspecified atom stereocenters. The number of esters is 2. The van der Waals surface area contributed by atoms with Crippen molar-refractivity contribution in [1.82, 2.24) is 0 Å². The second-order valence-corrected chi connectivity index (χ2v) is 13.9. The van der Waals surface area contributed by atoms with Crippen LogP contribution in [0.2, 0.25) is 0 Å². The van der Waals surface area contributed by atoms with E-state index in [0.29, 0.717) is 25.2 Å². The Hall–Kier alpha value is -1.72. The fraction of sp³-hybridized carbons (Fsp3) is 0.867. The standard InChI is InChI=1S/C30H46O6/c1-17(9-10-24(34)35-8)19-11-14-29(6)26-20(32)15-22-27(3,4)23(36-18(2)31)12-13-28(22,5)25(26)21(33)16-30(19,29)7/h17,19,22-23,25-26H,9-16H2,1-8H3. The predicted molar refractivity (Wildman–Crippen MR) is 136 cm³/mol. The van der Waals surface area contributed by atoms with Gasteiger partial charge in [0.25, 0.3) is 0 Å². The SMILES string of the molecule is COC(=O)CCC(C)C1CCC2(C)C3C(=O)CC4C(C)(C)C(OC(C)=O)CCC4(C)C3C(=O)CC12C. The molecule has 0 aromatic heterocycles. The lowest BCUT2D eigenvalue weighted by atomic mass is 9.37. The molecule has 202 valence electrons. The quantitative estimate of drug-likeness (QED) is 0.458. The van der Waals surface area contributed by atoms with Crippen LogP contribution >= 0.6 is 0 Å². The first-order valence-corrected chi connectivity index (χ1v) is 13.9. The highest BCUT2D eigenvalue weighted by molar-refractivity contribution is 5.95. The van der Waals surface area contributed by atoms with Crippen molar-refractivity contribution in [3.05, 3.63) is 0 Å². The summed E-state index contributed by atoms with van der Waals surface area (Å²) in [5.41, 5.74) is -1.15. The van der Waals surface area contributed by atoms with E-state index in [9.17, 15) is 19.2 Å². The minimum atomic E-state index is -0.373. The smallest absolute Gasteiger partial charge is 0.305 e. The topological polar surface area (TPSA) is 86.7 Å². The number of carbonyl (C=O) groups excluding carboxylic acids is 4. The van der Waals surface area contributed by atoms with Gasteiger partial charge in [-0.25, -0.2) is 0 Å². The van der Waals surface area contributed by atoms with Crippen molar-refractivity contribution in [2.45, 2.75) is 106 Å². The number of ketones is 2. The average molecular weight is 503 g/mol. The number of methoxy groups -OCH3 is 1. The molecule has 36 heavy (non-hydrogen) atoms. The van der Waals surface area contributed by atoms with Crippen LogP contribution in [-0.2, 0) is 28.7 Å². The molecule has 0 amide bonds. The van der Waals surface area contributed by atoms with Crippen LogP contribution in [0, 0.1) is 51.2 Å². The van der Waals surface area contributed by atoms with E-state index < -0.39 is 0 Å². The molecule has 0 heterocycles. The van der Waals surface area contributed by atoms with Gasteiger partial charge < -0.3 is 9.47 Å². The Morgan fingerprint density at radius 1 is 0.972 bits per heavy atom. The summed E-state index contributed by atoms with van der Waals surface area (Å²) in [6, 6.07) is 0. The van der Waals surface area contributed by atoms with Crippen LogP contribution in [0.5, 0.6) is 0 Å². The number of hydrogen-bond acceptors (Lipinski definition) is 6. The maximum absolute atomic E-state index is 14.2. The molecule has 6 heteroatoms. The third-order valence-electron chi connectivity index (χ3n) is 12.0. The van der Waals surface area contributed by atoms with Gasteiger partial charge >= 0.3 is 11.9 Å². The monoisotopic (exact) mass is 502 g/mol. The number of Topliss-reactive ketones (excluding diaryl/α,β-unsaturated/α-hetero) is 2. The van der Waals surface area contributed by atoms with Gasteiger partial charge in [-0.15, -0.1) is 0 Å². The molecule has 4 aliphatic carbocycles. The highest BCUT2D eigenvalue weighted by Crippen LogP contribution is 2.73. The molecule has 9 atom stereocenters. The van der Waals surface area contributed by atoms with Gasteiger partial charge in [-0.1, -0.05) is 41.5 Å². The highest BCUT2D eigenvalue weighted by atomic mass is 16.5. The predicted octanol–water partition coefficient (Wildman–Crippen LogP) is 5.55. The van der Waals surface area contributed by atoms with Crippen molar-refractivity contribution in [1.29, 1.82) is 0 Å². The highest BCUT2D eigenvalue weighted by Gasteiger charge is 2.72. The van der Waals surface area contributed by atoms with Crippen LogP contribution in [0.25, 0.3) is 0 Å². The van der Waals surface area contributed by atoms with Crippen LogP contribution in [0.3, 0.4) is 0 Å². The summed E-state index contributed by atoms with van der Waals surface area (Å²) in [6.45, 7) is 14.6. The van der Waals surface area contributed by atoms with Gasteiger partial charge in [0, 0.05) is 43.4 Å². The van der Waals surface area contributed by atoms with Gasteiger partial charge in [0.05, 0.1) is 7.11 Å². The fourth-order valence-electron chi connectivity index (χ4n) is 9.87. The van der Waals surface area contributed by atoms with Gasteiger partial charge in [-0.3, -0.25) is 19.2 Å². The van der Waals surface area contributed by atoms with E-state index >= 15 is 0 Å². The van der Waals surface area contributed by atoms with Crippen LogP contribution in [0.1, 0.15) is 99.8 Å². The first-order valence-electron chi connectivity index (χ1n) is 13.9. The molecule has 0 spiro atoms. The molecule has 4 rings (SSSR count). The van der Waals surface area contributed by atoms with Crippen molar-refractivity contribution < 1.29 is 28.7 Å². The van der Waals surface area contributed by atoms with Crippen LogP contribution in [0.4, 0.5) is 0 Å². The lowest BCUT2D eigenvalue weighted by Gasteiger charge is -2.65. The zero-order valence-corrected chi connectivity index (χ0v) is 23.6. The minimum Gasteiger partial charge on any atom is -0.469 e. The molecule has 0 aliphatic heterocycles. The Kier molecular flexibility index (Phi) is 6.78. The van der Waals surface area contributed by atoms with Crippen molar-refractivity contribution >= 4 is 23.5 Å². The number of carbonyl (C=O) groups is 4. The lowest BCUT2D eigenvalue weighted by molar-refractivity contribution is -0.206. The van der Waals surface area contributed by atoms with Crippen molar-refractivity contribution in [2.75, 3.05) is 7.11 Å². The maximum Gasteiger partial charge on any atom is 0.305 e. The van der Waals surface area contributed by atoms with Crippen molar-refractivity contribution in [2.24, 2.45) is 51.2 Å². The third kappa shape index (κ3) is 3.79. The number of ether oxygens (including phenoxy) is 2. The fourth-order valence-corrected chi connectivity index (χ4v) is 9.87. The van der Waals surface area contributed by atoms with Gasteiger partial charge in [0.2, 0.25) is 0 Å². The molecule has 0 N–H and O–H groups in total. The molecular formula is C30H46O6. The van der Waals surface area contributed by atoms with E-state index in [2.05, 4.69) is 41.5 Å². The first kappa shape index (κ1) is 27.3. The largest absolute Gasteiger partial charge is 0.469 e. The van der Waals surface area contributed by atoms with Gasteiger partial charge in [-0.05, 0) is 66.1 Å². The second kappa shape index (κ2) is 8.94. The molecule has 0 saturated heterocycles. The Balaban J connectivity index is 1.67. The summed E-state index contributed by atoms with van der Waals surface area (Å²) in [5.74, 6) is 0.0372. The second-order valence-electron chi connectivity index (χ2n) is 13.9. The lowest BCUT2D eigenvalue weighted by Crippen LogP contribution is -2.67. The summed E-state index contributed by atoms with van der Waals surface area (Å²) in [5, 5.41) is 0. The molecular weight excluding hydrogens is 456 g/mol. The molecule has 0 aromatic rings. The number of rotatable bonds is 5. The molecule has 4 aliphatic rings. The zero-order valence-electron chi connectivity index (χ0n) is 23.6. The summed E-state index contributed by atoms with van der Waals surface area (Å²) in [7, 11) is 1.42. The zero-order chi connectivity index (χ0) is 26.8. The molecule has 6 nitrogen and oxygen atoms in total. The molecule has 0 radical (unpaired) electrons. The molecule has 0 aromatic carbocycles. The Bertz CT molecular complexity index is 953.